The summed E-state index contributed by atoms with van der Waals surface area (Å²) in [4.78, 5) is 28.6. The number of ketones is 1. The molecule has 3 aromatic heterocycles. The first kappa shape index (κ1) is 16.0. The number of hydrogen-bond acceptors (Lipinski definition) is 3. The van der Waals surface area contributed by atoms with Gasteiger partial charge in [-0.2, -0.15) is 0 Å². The fourth-order valence-electron chi connectivity index (χ4n) is 3.90. The van der Waals surface area contributed by atoms with Gasteiger partial charge >= 0.3 is 0 Å². The summed E-state index contributed by atoms with van der Waals surface area (Å²) in [6.07, 6.45) is 3.48. The van der Waals surface area contributed by atoms with E-state index in [4.69, 9.17) is 9.97 Å². The summed E-state index contributed by atoms with van der Waals surface area (Å²) in [5.74, 6) is 0.0371. The minimum Gasteiger partial charge on any atom is -0.355 e. The van der Waals surface area contributed by atoms with E-state index < -0.39 is 0 Å². The lowest BCUT2D eigenvalue weighted by Gasteiger charge is -1.98. The average Bonchev–Trinajstić information content (AvgIpc) is 3.39. The van der Waals surface area contributed by atoms with Gasteiger partial charge in [0.05, 0.1) is 16.8 Å². The molecule has 134 valence electrons. The minimum absolute atomic E-state index is 0.0371. The quantitative estimate of drug-likeness (QED) is 0.645. The molecule has 5 nitrogen and oxygen atoms in total. The molecule has 2 N–H and O–H groups in total. The van der Waals surface area contributed by atoms with Crippen molar-refractivity contribution in [3.05, 3.63) is 70.8 Å². The van der Waals surface area contributed by atoms with Crippen LogP contribution in [0, 0.1) is 0 Å². The molecule has 0 spiro atoms. The third-order valence-electron chi connectivity index (χ3n) is 5.14. The van der Waals surface area contributed by atoms with Crippen molar-refractivity contribution >= 4 is 27.9 Å². The van der Waals surface area contributed by atoms with Crippen LogP contribution < -0.4 is 0 Å². The maximum atomic E-state index is 12.4. The van der Waals surface area contributed by atoms with Crippen LogP contribution in [-0.2, 0) is 25.7 Å². The highest BCUT2D eigenvalue weighted by Crippen LogP contribution is 2.21. The summed E-state index contributed by atoms with van der Waals surface area (Å²) < 4.78 is 0. The summed E-state index contributed by atoms with van der Waals surface area (Å²) in [6, 6.07) is 14.3. The molecule has 2 aliphatic heterocycles. The van der Waals surface area contributed by atoms with E-state index in [1.165, 1.54) is 0 Å². The standard InChI is InChI=1S/C22H20N4O/c1-13(27)22-20-8-6-18(25-20)11-16-4-2-14(23-16)10-15-3-5-17(24-15)12-19-7-9-21(22)26-19/h2,4,7,9-12,23,26H,3,5-6,8H2,1H3. The first-order valence-electron chi connectivity index (χ1n) is 9.32. The van der Waals surface area contributed by atoms with Crippen LogP contribution >= 0.6 is 0 Å². The molecule has 5 heterocycles. The minimum atomic E-state index is 0.0371. The van der Waals surface area contributed by atoms with E-state index >= 15 is 0 Å². The topological polar surface area (TPSA) is 74.4 Å². The smallest absolute Gasteiger partial charge is 0.163 e. The highest BCUT2D eigenvalue weighted by atomic mass is 16.1. The Labute approximate surface area is 156 Å². The van der Waals surface area contributed by atoms with Crippen LogP contribution in [0.2, 0.25) is 0 Å². The van der Waals surface area contributed by atoms with E-state index in [0.717, 1.165) is 70.5 Å². The Bertz CT molecular complexity index is 1220. The van der Waals surface area contributed by atoms with Gasteiger partial charge in [0.1, 0.15) is 0 Å². The van der Waals surface area contributed by atoms with Gasteiger partial charge in [-0.25, -0.2) is 0 Å². The van der Waals surface area contributed by atoms with Gasteiger partial charge in [0.15, 0.2) is 5.78 Å². The average molecular weight is 356 g/mol. The number of fused-ring (bicyclic) bond motifs is 8. The van der Waals surface area contributed by atoms with E-state index in [1.54, 1.807) is 6.92 Å². The number of hydrogen-bond donors (Lipinski definition) is 2. The van der Waals surface area contributed by atoms with Crippen molar-refractivity contribution < 1.29 is 4.79 Å². The Hall–Kier alpha value is -3.21. The number of aryl methyl sites for hydroxylation is 4. The van der Waals surface area contributed by atoms with Crippen LogP contribution in [0.5, 0.6) is 0 Å². The molecule has 0 radical (unpaired) electrons. The summed E-state index contributed by atoms with van der Waals surface area (Å²) >= 11 is 0. The largest absolute Gasteiger partial charge is 0.355 e. The molecule has 0 aromatic carbocycles. The maximum absolute atomic E-state index is 12.4. The fraction of sp³-hybridized carbons (Fsp3) is 0.227. The van der Waals surface area contributed by atoms with Crippen molar-refractivity contribution in [2.24, 2.45) is 0 Å². The zero-order chi connectivity index (χ0) is 18.4. The van der Waals surface area contributed by atoms with Crippen LogP contribution in [0.25, 0.3) is 22.1 Å². The second kappa shape index (κ2) is 6.20. The zero-order valence-corrected chi connectivity index (χ0v) is 15.2. The number of rotatable bonds is 1. The first-order chi connectivity index (χ1) is 13.1. The van der Waals surface area contributed by atoms with E-state index in [1.807, 2.05) is 12.1 Å². The van der Waals surface area contributed by atoms with Gasteiger partial charge in [0, 0.05) is 33.6 Å². The van der Waals surface area contributed by atoms with Crippen molar-refractivity contribution in [1.82, 2.24) is 19.9 Å². The van der Waals surface area contributed by atoms with Crippen molar-refractivity contribution in [1.29, 1.82) is 0 Å². The van der Waals surface area contributed by atoms with Crippen LogP contribution in [0.4, 0.5) is 0 Å². The van der Waals surface area contributed by atoms with Gasteiger partial charge in [-0.3, -0.25) is 14.8 Å². The summed E-state index contributed by atoms with van der Waals surface area (Å²) in [6.45, 7) is 1.61. The molecule has 0 aliphatic carbocycles. The van der Waals surface area contributed by atoms with E-state index in [-0.39, 0.29) is 5.78 Å². The molecular weight excluding hydrogens is 336 g/mol. The van der Waals surface area contributed by atoms with Crippen molar-refractivity contribution in [3.63, 3.8) is 0 Å². The van der Waals surface area contributed by atoms with Crippen LogP contribution in [0.15, 0.2) is 42.5 Å². The number of H-pyrrole nitrogens is 2. The number of aromatic nitrogens is 4. The Morgan fingerprint density at radius 2 is 1.33 bits per heavy atom. The Morgan fingerprint density at radius 3 is 2.00 bits per heavy atom. The molecule has 2 aliphatic rings. The molecule has 3 aromatic rings. The number of nitrogens with one attached hydrogen (secondary N) is 2. The SMILES string of the molecule is CC(=O)c1c2nc(cc3ccc(cc4nc(cc5ccc1[nH]5)CC4)[nH]3)CC2. The van der Waals surface area contributed by atoms with Gasteiger partial charge < -0.3 is 9.97 Å². The first-order valence-corrected chi connectivity index (χ1v) is 9.32. The molecule has 0 fully saturated rings. The molecule has 27 heavy (non-hydrogen) atoms. The molecule has 5 heteroatoms. The lowest BCUT2D eigenvalue weighted by molar-refractivity contribution is 0.101. The number of nitrogens with zero attached hydrogens (tertiary/aromatic N) is 2. The van der Waals surface area contributed by atoms with Crippen molar-refractivity contribution in [2.75, 3.05) is 0 Å². The molecular formula is C22H20N4O. The van der Waals surface area contributed by atoms with E-state index in [2.05, 4.69) is 40.3 Å². The number of carbonyl (C=O) groups excluding carboxylic acids is 1. The van der Waals surface area contributed by atoms with Crippen LogP contribution in [0.3, 0.4) is 0 Å². The molecule has 0 saturated heterocycles. The second-order valence-corrected chi connectivity index (χ2v) is 7.20. The number of Topliss-reactive ketones (excluding diaryl/α,β-unsaturated/α-hetero) is 1. The van der Waals surface area contributed by atoms with Crippen molar-refractivity contribution in [2.45, 2.75) is 32.6 Å². The summed E-state index contributed by atoms with van der Waals surface area (Å²) in [5, 5.41) is 0. The van der Waals surface area contributed by atoms with Crippen molar-refractivity contribution in [3.8, 4) is 0 Å². The highest BCUT2D eigenvalue weighted by molar-refractivity contribution is 6.02. The van der Waals surface area contributed by atoms with Gasteiger partial charge in [0.2, 0.25) is 0 Å². The molecule has 5 rings (SSSR count). The summed E-state index contributed by atoms with van der Waals surface area (Å²) in [7, 11) is 0. The van der Waals surface area contributed by atoms with Crippen LogP contribution in [-0.4, -0.2) is 25.7 Å². The summed E-state index contributed by atoms with van der Waals surface area (Å²) in [5.41, 5.74) is 8.55. The Kier molecular flexibility index (Phi) is 3.67. The second-order valence-electron chi connectivity index (χ2n) is 7.20. The number of carbonyl (C=O) groups is 1. The Balaban J connectivity index is 1.87. The highest BCUT2D eigenvalue weighted by Gasteiger charge is 2.16. The van der Waals surface area contributed by atoms with E-state index in [0.29, 0.717) is 5.56 Å². The molecule has 0 saturated carbocycles. The molecule has 0 unspecified atom stereocenters. The Morgan fingerprint density at radius 1 is 0.778 bits per heavy atom. The predicted molar refractivity (Wildman–Crippen MR) is 106 cm³/mol. The lowest BCUT2D eigenvalue weighted by Crippen LogP contribution is -1.98. The fourth-order valence-corrected chi connectivity index (χ4v) is 3.90. The maximum Gasteiger partial charge on any atom is 0.163 e. The van der Waals surface area contributed by atoms with Gasteiger partial charge in [-0.1, -0.05) is 0 Å². The van der Waals surface area contributed by atoms with Gasteiger partial charge in [0.25, 0.3) is 0 Å². The number of aromatic amines is 2. The monoisotopic (exact) mass is 356 g/mol. The van der Waals surface area contributed by atoms with E-state index in [9.17, 15) is 4.79 Å². The normalized spacial score (nSPS) is 13.7. The zero-order valence-electron chi connectivity index (χ0n) is 15.2. The lowest BCUT2D eigenvalue weighted by atomic mass is 10.1. The molecule has 8 bridgehead atoms. The molecule has 0 atom stereocenters. The molecule has 0 amide bonds. The van der Waals surface area contributed by atoms with Gasteiger partial charge in [-0.05, 0) is 75.1 Å². The third kappa shape index (κ3) is 3.05. The van der Waals surface area contributed by atoms with Crippen LogP contribution in [0.1, 0.15) is 40.1 Å². The third-order valence-corrected chi connectivity index (χ3v) is 5.14. The predicted octanol–water partition coefficient (Wildman–Crippen LogP) is 4.09. The van der Waals surface area contributed by atoms with Gasteiger partial charge in [-0.15, -0.1) is 0 Å².